The van der Waals surface area contributed by atoms with Gasteiger partial charge in [-0.25, -0.2) is 4.79 Å². The summed E-state index contributed by atoms with van der Waals surface area (Å²) in [4.78, 5) is 13.8. The molecule has 0 saturated carbocycles. The van der Waals surface area contributed by atoms with Crippen molar-refractivity contribution in [3.63, 3.8) is 0 Å². The molecule has 0 aromatic rings. The number of amides is 1. The summed E-state index contributed by atoms with van der Waals surface area (Å²) in [6, 6.07) is 0.235. The lowest BCUT2D eigenvalue weighted by Crippen LogP contribution is -2.48. The first-order chi connectivity index (χ1) is 7.44. The summed E-state index contributed by atoms with van der Waals surface area (Å²) in [7, 11) is 0. The summed E-state index contributed by atoms with van der Waals surface area (Å²) in [5.41, 5.74) is 5.14. The van der Waals surface area contributed by atoms with E-state index in [0.29, 0.717) is 6.54 Å². The topological polar surface area (TPSA) is 55.6 Å². The second-order valence-corrected chi connectivity index (χ2v) is 6.13. The zero-order valence-corrected chi connectivity index (χ0v) is 12.4. The summed E-state index contributed by atoms with van der Waals surface area (Å²) < 4.78 is 5.39. The van der Waals surface area contributed by atoms with E-state index in [1.165, 1.54) is 0 Å². The zero-order chi connectivity index (χ0) is 12.2. The number of nitrogens with two attached hydrogens (primary N) is 1. The van der Waals surface area contributed by atoms with E-state index in [-0.39, 0.29) is 24.5 Å². The van der Waals surface area contributed by atoms with E-state index < -0.39 is 5.60 Å². The van der Waals surface area contributed by atoms with Crippen LogP contribution in [0.3, 0.4) is 0 Å². The van der Waals surface area contributed by atoms with Crippen molar-refractivity contribution in [1.29, 1.82) is 0 Å². The number of halogens is 1. The predicted molar refractivity (Wildman–Crippen MR) is 75.0 cm³/mol. The standard InChI is InChI=1S/C11H22N2O2S.ClH/c1-11(2,3)15-10(14)13-6-7-16-8-9(13)4-5-12;/h9H,4-8,12H2,1-3H3;1H. The van der Waals surface area contributed by atoms with Crippen molar-refractivity contribution < 1.29 is 9.53 Å². The van der Waals surface area contributed by atoms with Gasteiger partial charge in [0, 0.05) is 24.1 Å². The molecule has 0 bridgehead atoms. The number of ether oxygens (including phenoxy) is 1. The number of carbonyl (C=O) groups excluding carboxylic acids is 1. The molecule has 17 heavy (non-hydrogen) atoms. The van der Waals surface area contributed by atoms with Gasteiger partial charge in [0.05, 0.1) is 0 Å². The Bertz CT molecular complexity index is 244. The van der Waals surface area contributed by atoms with Crippen LogP contribution in [0.2, 0.25) is 0 Å². The van der Waals surface area contributed by atoms with E-state index in [1.54, 1.807) is 0 Å². The highest BCUT2D eigenvalue weighted by atomic mass is 35.5. The molecule has 0 aromatic carbocycles. The summed E-state index contributed by atoms with van der Waals surface area (Å²) in [6.45, 7) is 7.05. The van der Waals surface area contributed by atoms with Gasteiger partial charge in [-0.15, -0.1) is 12.4 Å². The van der Waals surface area contributed by atoms with E-state index in [2.05, 4.69) is 0 Å². The number of rotatable bonds is 2. The molecule has 1 saturated heterocycles. The average molecular weight is 283 g/mol. The summed E-state index contributed by atoms with van der Waals surface area (Å²) in [5.74, 6) is 1.96. The molecule has 0 aromatic heterocycles. The van der Waals surface area contributed by atoms with Crippen LogP contribution in [-0.4, -0.2) is 47.2 Å². The van der Waals surface area contributed by atoms with E-state index in [9.17, 15) is 4.79 Å². The lowest BCUT2D eigenvalue weighted by atomic mass is 10.2. The van der Waals surface area contributed by atoms with Gasteiger partial charge < -0.3 is 15.4 Å². The molecular weight excluding hydrogens is 260 g/mol. The van der Waals surface area contributed by atoms with Crippen LogP contribution >= 0.6 is 24.2 Å². The number of hydrogen-bond acceptors (Lipinski definition) is 4. The van der Waals surface area contributed by atoms with Crippen LogP contribution in [-0.2, 0) is 4.74 Å². The molecule has 1 rings (SSSR count). The maximum absolute atomic E-state index is 12.0. The van der Waals surface area contributed by atoms with Crippen LogP contribution < -0.4 is 5.73 Å². The van der Waals surface area contributed by atoms with Crippen LogP contribution in [0.5, 0.6) is 0 Å². The van der Waals surface area contributed by atoms with E-state index in [1.807, 2.05) is 37.4 Å². The Morgan fingerprint density at radius 3 is 2.71 bits per heavy atom. The molecule has 0 aliphatic carbocycles. The highest BCUT2D eigenvalue weighted by Gasteiger charge is 2.29. The zero-order valence-electron chi connectivity index (χ0n) is 10.8. The molecule has 1 aliphatic heterocycles. The van der Waals surface area contributed by atoms with Gasteiger partial charge in [-0.05, 0) is 33.7 Å². The maximum Gasteiger partial charge on any atom is 0.410 e. The Labute approximate surface area is 114 Å². The number of thioether (sulfide) groups is 1. The smallest absolute Gasteiger partial charge is 0.410 e. The Morgan fingerprint density at radius 2 is 2.18 bits per heavy atom. The molecule has 1 heterocycles. The first-order valence-corrected chi connectivity index (χ1v) is 6.87. The van der Waals surface area contributed by atoms with Crippen molar-refractivity contribution in [1.82, 2.24) is 4.90 Å². The Balaban J connectivity index is 0.00000256. The van der Waals surface area contributed by atoms with Crippen molar-refractivity contribution >= 4 is 30.3 Å². The third-order valence-electron chi connectivity index (χ3n) is 2.36. The van der Waals surface area contributed by atoms with Crippen molar-refractivity contribution in [3.05, 3.63) is 0 Å². The first-order valence-electron chi connectivity index (χ1n) is 5.71. The highest BCUT2D eigenvalue weighted by molar-refractivity contribution is 7.99. The van der Waals surface area contributed by atoms with Gasteiger partial charge in [-0.3, -0.25) is 0 Å². The Kier molecular flexibility index (Phi) is 7.28. The highest BCUT2D eigenvalue weighted by Crippen LogP contribution is 2.21. The minimum absolute atomic E-state index is 0. The quantitative estimate of drug-likeness (QED) is 0.843. The van der Waals surface area contributed by atoms with Gasteiger partial charge in [0.25, 0.3) is 0 Å². The van der Waals surface area contributed by atoms with Crippen LogP contribution in [0, 0.1) is 0 Å². The van der Waals surface area contributed by atoms with Gasteiger partial charge >= 0.3 is 6.09 Å². The molecule has 1 aliphatic rings. The molecular formula is C11H23ClN2O2S. The van der Waals surface area contributed by atoms with Crippen LogP contribution in [0.15, 0.2) is 0 Å². The minimum Gasteiger partial charge on any atom is -0.444 e. The lowest BCUT2D eigenvalue weighted by Gasteiger charge is -2.36. The van der Waals surface area contributed by atoms with Crippen molar-refractivity contribution in [2.75, 3.05) is 24.6 Å². The third-order valence-corrected chi connectivity index (χ3v) is 3.45. The van der Waals surface area contributed by atoms with Crippen molar-refractivity contribution in [2.24, 2.45) is 5.73 Å². The molecule has 1 fully saturated rings. The number of hydrogen-bond donors (Lipinski definition) is 1. The maximum atomic E-state index is 12.0. The Hall–Kier alpha value is -0.130. The van der Waals surface area contributed by atoms with E-state index >= 15 is 0 Å². The second kappa shape index (κ2) is 7.34. The van der Waals surface area contributed by atoms with E-state index in [0.717, 1.165) is 24.5 Å². The largest absolute Gasteiger partial charge is 0.444 e. The molecule has 0 radical (unpaired) electrons. The molecule has 1 amide bonds. The summed E-state index contributed by atoms with van der Waals surface area (Å²) in [5, 5.41) is 0. The van der Waals surface area contributed by atoms with Crippen LogP contribution in [0.4, 0.5) is 4.79 Å². The van der Waals surface area contributed by atoms with E-state index in [4.69, 9.17) is 10.5 Å². The molecule has 1 atom stereocenters. The fourth-order valence-corrected chi connectivity index (χ4v) is 2.76. The summed E-state index contributed by atoms with van der Waals surface area (Å²) >= 11 is 1.88. The van der Waals surface area contributed by atoms with Gasteiger partial charge in [0.1, 0.15) is 5.60 Å². The molecule has 6 heteroatoms. The fourth-order valence-electron chi connectivity index (χ4n) is 1.65. The first kappa shape index (κ1) is 16.9. The number of carbonyl (C=O) groups is 1. The lowest BCUT2D eigenvalue weighted by molar-refractivity contribution is 0.0183. The SMILES string of the molecule is CC(C)(C)OC(=O)N1CCSCC1CCN.Cl. The Morgan fingerprint density at radius 1 is 1.53 bits per heavy atom. The molecule has 4 nitrogen and oxygen atoms in total. The second-order valence-electron chi connectivity index (χ2n) is 4.98. The minimum atomic E-state index is -0.422. The van der Waals surface area contributed by atoms with Gasteiger partial charge in [0.2, 0.25) is 0 Å². The molecule has 2 N–H and O–H groups in total. The number of nitrogens with zero attached hydrogens (tertiary/aromatic N) is 1. The van der Waals surface area contributed by atoms with Gasteiger partial charge in [-0.2, -0.15) is 11.8 Å². The van der Waals surface area contributed by atoms with Crippen LogP contribution in [0.25, 0.3) is 0 Å². The molecule has 102 valence electrons. The summed E-state index contributed by atoms with van der Waals surface area (Å²) in [6.07, 6.45) is 0.651. The average Bonchev–Trinajstić information content (AvgIpc) is 2.16. The fraction of sp³-hybridized carbons (Fsp3) is 0.909. The van der Waals surface area contributed by atoms with Crippen LogP contribution in [0.1, 0.15) is 27.2 Å². The molecule has 0 spiro atoms. The normalized spacial score (nSPS) is 20.7. The van der Waals surface area contributed by atoms with Crippen molar-refractivity contribution in [3.8, 4) is 0 Å². The monoisotopic (exact) mass is 282 g/mol. The molecule has 1 unspecified atom stereocenters. The van der Waals surface area contributed by atoms with Crippen molar-refractivity contribution in [2.45, 2.75) is 38.8 Å². The van der Waals surface area contributed by atoms with Gasteiger partial charge in [-0.1, -0.05) is 0 Å². The predicted octanol–water partition coefficient (Wildman–Crippen LogP) is 2.11. The van der Waals surface area contributed by atoms with Gasteiger partial charge in [0.15, 0.2) is 0 Å². The third kappa shape index (κ3) is 5.84.